The number of piperazine rings is 1. The van der Waals surface area contributed by atoms with Gasteiger partial charge < -0.3 is 20.0 Å². The van der Waals surface area contributed by atoms with Crippen molar-refractivity contribution >= 4 is 17.7 Å². The number of rotatable bonds is 5. The summed E-state index contributed by atoms with van der Waals surface area (Å²) >= 11 is 0. The van der Waals surface area contributed by atoms with Crippen LogP contribution in [0.1, 0.15) is 41.0 Å². The lowest BCUT2D eigenvalue weighted by Crippen LogP contribution is -2.53. The Morgan fingerprint density at radius 2 is 1.73 bits per heavy atom. The number of nitrogens with zero attached hydrogens (tertiary/aromatic N) is 3. The Labute approximate surface area is 157 Å². The zero-order valence-corrected chi connectivity index (χ0v) is 16.8. The second-order valence-electron chi connectivity index (χ2n) is 8.19. The van der Waals surface area contributed by atoms with Gasteiger partial charge in [-0.05, 0) is 12.3 Å². The number of carbonyl (C=O) groups excluding carboxylic acids is 3. The molecule has 0 aromatic rings. The smallest absolute Gasteiger partial charge is 0.245 e. The Hall–Kier alpha value is -1.63. The molecule has 1 N–H and O–H groups in total. The minimum atomic E-state index is -0.453. The van der Waals surface area contributed by atoms with Crippen LogP contribution in [0.2, 0.25) is 0 Å². The number of hydrogen-bond donors (Lipinski definition) is 1. The van der Waals surface area contributed by atoms with Crippen molar-refractivity contribution in [1.29, 1.82) is 0 Å². The molecule has 0 aromatic carbocycles. The number of hydrogen-bond acceptors (Lipinski definition) is 4. The minimum Gasteiger partial charge on any atom is -0.338 e. The molecule has 2 aliphatic heterocycles. The molecular weight excluding hydrogens is 332 g/mol. The van der Waals surface area contributed by atoms with Gasteiger partial charge in [0.05, 0.1) is 6.04 Å². The SMILES string of the molecule is CC(=O)N1CC(N(CC(C)C)C(=O)C(C)C)CC1C(=O)N1CCNCC1. The normalized spacial score (nSPS) is 23.7. The summed E-state index contributed by atoms with van der Waals surface area (Å²) < 4.78 is 0. The second kappa shape index (κ2) is 8.84. The van der Waals surface area contributed by atoms with Gasteiger partial charge >= 0.3 is 0 Å². The standard InChI is InChI=1S/C19H34N4O3/c1-13(2)11-23(18(25)14(3)4)16-10-17(22(12-16)15(5)24)19(26)21-8-6-20-7-9-21/h13-14,16-17,20H,6-12H2,1-5H3. The summed E-state index contributed by atoms with van der Waals surface area (Å²) in [4.78, 5) is 43.3. The van der Waals surface area contributed by atoms with E-state index in [0.717, 1.165) is 13.1 Å². The average Bonchev–Trinajstić information content (AvgIpc) is 3.04. The van der Waals surface area contributed by atoms with Gasteiger partial charge in [-0.1, -0.05) is 27.7 Å². The van der Waals surface area contributed by atoms with Gasteiger partial charge in [0.2, 0.25) is 17.7 Å². The third-order valence-corrected chi connectivity index (χ3v) is 5.18. The van der Waals surface area contributed by atoms with Gasteiger partial charge in [-0.25, -0.2) is 0 Å². The molecule has 7 nitrogen and oxygen atoms in total. The number of likely N-dealkylation sites (tertiary alicyclic amines) is 1. The van der Waals surface area contributed by atoms with Crippen LogP contribution in [0.3, 0.4) is 0 Å². The van der Waals surface area contributed by atoms with E-state index in [2.05, 4.69) is 19.2 Å². The number of amides is 3. The fraction of sp³-hybridized carbons (Fsp3) is 0.842. The molecule has 0 saturated carbocycles. The van der Waals surface area contributed by atoms with Gasteiger partial charge in [0.1, 0.15) is 6.04 Å². The highest BCUT2D eigenvalue weighted by atomic mass is 16.2. The lowest BCUT2D eigenvalue weighted by atomic mass is 10.0. The van der Waals surface area contributed by atoms with Crippen LogP contribution in [-0.2, 0) is 14.4 Å². The molecule has 7 heteroatoms. The zero-order chi connectivity index (χ0) is 19.4. The Morgan fingerprint density at radius 1 is 1.12 bits per heavy atom. The summed E-state index contributed by atoms with van der Waals surface area (Å²) in [6.07, 6.45) is 0.535. The van der Waals surface area contributed by atoms with Gasteiger partial charge in [-0.2, -0.15) is 0 Å². The van der Waals surface area contributed by atoms with Crippen molar-refractivity contribution in [3.63, 3.8) is 0 Å². The maximum absolute atomic E-state index is 13.0. The van der Waals surface area contributed by atoms with Gasteiger partial charge in [-0.3, -0.25) is 14.4 Å². The molecule has 2 aliphatic rings. The van der Waals surface area contributed by atoms with Crippen molar-refractivity contribution in [2.45, 2.75) is 53.1 Å². The fourth-order valence-electron chi connectivity index (χ4n) is 3.86. The molecule has 0 spiro atoms. The van der Waals surface area contributed by atoms with E-state index in [0.29, 0.717) is 38.5 Å². The Balaban J connectivity index is 2.18. The van der Waals surface area contributed by atoms with Crippen molar-refractivity contribution < 1.29 is 14.4 Å². The summed E-state index contributed by atoms with van der Waals surface area (Å²) in [5.74, 6) is 0.268. The summed E-state index contributed by atoms with van der Waals surface area (Å²) in [7, 11) is 0. The Morgan fingerprint density at radius 3 is 2.23 bits per heavy atom. The molecule has 2 heterocycles. The van der Waals surface area contributed by atoms with Gasteiger partial charge in [0.15, 0.2) is 0 Å². The maximum Gasteiger partial charge on any atom is 0.245 e. The van der Waals surface area contributed by atoms with Gasteiger partial charge in [0, 0.05) is 52.1 Å². The maximum atomic E-state index is 13.0. The van der Waals surface area contributed by atoms with E-state index >= 15 is 0 Å². The second-order valence-corrected chi connectivity index (χ2v) is 8.19. The van der Waals surface area contributed by atoms with Crippen LogP contribution in [0.4, 0.5) is 0 Å². The van der Waals surface area contributed by atoms with E-state index < -0.39 is 6.04 Å². The Kier molecular flexibility index (Phi) is 7.03. The van der Waals surface area contributed by atoms with Gasteiger partial charge in [-0.15, -0.1) is 0 Å². The van der Waals surface area contributed by atoms with E-state index in [1.165, 1.54) is 6.92 Å². The summed E-state index contributed by atoms with van der Waals surface area (Å²) in [5.41, 5.74) is 0. The van der Waals surface area contributed by atoms with Crippen LogP contribution in [0.15, 0.2) is 0 Å². The van der Waals surface area contributed by atoms with E-state index in [9.17, 15) is 14.4 Å². The average molecular weight is 367 g/mol. The third-order valence-electron chi connectivity index (χ3n) is 5.18. The highest BCUT2D eigenvalue weighted by Gasteiger charge is 2.43. The van der Waals surface area contributed by atoms with E-state index in [1.807, 2.05) is 23.6 Å². The summed E-state index contributed by atoms with van der Waals surface area (Å²) in [6.45, 7) is 13.5. The predicted molar refractivity (Wildman–Crippen MR) is 100 cm³/mol. The quantitative estimate of drug-likeness (QED) is 0.771. The summed E-state index contributed by atoms with van der Waals surface area (Å²) in [6, 6.07) is -0.543. The zero-order valence-electron chi connectivity index (χ0n) is 16.8. The largest absolute Gasteiger partial charge is 0.338 e. The van der Waals surface area contributed by atoms with E-state index in [4.69, 9.17) is 0 Å². The van der Waals surface area contributed by atoms with Crippen LogP contribution < -0.4 is 5.32 Å². The van der Waals surface area contributed by atoms with Crippen molar-refractivity contribution in [3.8, 4) is 0 Å². The van der Waals surface area contributed by atoms with Crippen molar-refractivity contribution in [1.82, 2.24) is 20.0 Å². The fourth-order valence-corrected chi connectivity index (χ4v) is 3.86. The van der Waals surface area contributed by atoms with Crippen LogP contribution in [0.5, 0.6) is 0 Å². The molecule has 26 heavy (non-hydrogen) atoms. The van der Waals surface area contributed by atoms with Crippen LogP contribution in [-0.4, -0.2) is 83.8 Å². The Bertz CT molecular complexity index is 529. The first kappa shape index (κ1) is 20.7. The molecule has 0 aliphatic carbocycles. The lowest BCUT2D eigenvalue weighted by Gasteiger charge is -2.32. The molecular formula is C19H34N4O3. The van der Waals surface area contributed by atoms with Crippen LogP contribution in [0, 0.1) is 11.8 Å². The van der Waals surface area contributed by atoms with Gasteiger partial charge in [0.25, 0.3) is 0 Å². The van der Waals surface area contributed by atoms with E-state index in [-0.39, 0.29) is 29.7 Å². The van der Waals surface area contributed by atoms with Crippen LogP contribution >= 0.6 is 0 Å². The first-order valence-electron chi connectivity index (χ1n) is 9.79. The molecule has 3 amide bonds. The minimum absolute atomic E-state index is 0.0192. The molecule has 148 valence electrons. The first-order valence-corrected chi connectivity index (χ1v) is 9.79. The molecule has 0 aromatic heterocycles. The monoisotopic (exact) mass is 366 g/mol. The highest BCUT2D eigenvalue weighted by molar-refractivity contribution is 5.88. The number of nitrogens with one attached hydrogen (secondary N) is 1. The molecule has 0 radical (unpaired) electrons. The lowest BCUT2D eigenvalue weighted by molar-refractivity contribution is -0.143. The summed E-state index contributed by atoms with van der Waals surface area (Å²) in [5, 5.41) is 3.24. The third kappa shape index (κ3) is 4.75. The molecule has 2 unspecified atom stereocenters. The topological polar surface area (TPSA) is 73.0 Å². The first-order chi connectivity index (χ1) is 12.2. The molecule has 0 bridgehead atoms. The molecule has 2 atom stereocenters. The van der Waals surface area contributed by atoms with Crippen molar-refractivity contribution in [2.24, 2.45) is 11.8 Å². The highest BCUT2D eigenvalue weighted by Crippen LogP contribution is 2.26. The number of carbonyl (C=O) groups is 3. The van der Waals surface area contributed by atoms with Crippen molar-refractivity contribution in [3.05, 3.63) is 0 Å². The van der Waals surface area contributed by atoms with Crippen molar-refractivity contribution in [2.75, 3.05) is 39.3 Å². The predicted octanol–water partition coefficient (Wildman–Crippen LogP) is 0.548. The molecule has 2 saturated heterocycles. The van der Waals surface area contributed by atoms with Crippen LogP contribution in [0.25, 0.3) is 0 Å². The molecule has 2 rings (SSSR count). The van der Waals surface area contributed by atoms with E-state index in [1.54, 1.807) is 4.90 Å². The molecule has 2 fully saturated rings.